The summed E-state index contributed by atoms with van der Waals surface area (Å²) in [6.45, 7) is 5.58. The van der Waals surface area contributed by atoms with Crippen LogP contribution in [-0.2, 0) is 11.3 Å². The summed E-state index contributed by atoms with van der Waals surface area (Å²) in [6, 6.07) is 9.28. The number of pyridine rings is 1. The molecule has 1 aromatic heterocycles. The van der Waals surface area contributed by atoms with E-state index in [2.05, 4.69) is 17.1 Å². The Kier molecular flexibility index (Phi) is 5.75. The summed E-state index contributed by atoms with van der Waals surface area (Å²) < 4.78 is 15.4. The van der Waals surface area contributed by atoms with E-state index in [0.29, 0.717) is 24.2 Å². The van der Waals surface area contributed by atoms with E-state index in [1.165, 1.54) is 12.1 Å². The first-order chi connectivity index (χ1) is 14.5. The van der Waals surface area contributed by atoms with Crippen LogP contribution in [0.15, 0.2) is 41.2 Å². The predicted molar refractivity (Wildman–Crippen MR) is 112 cm³/mol. The molecule has 2 aliphatic heterocycles. The second-order valence-corrected chi connectivity index (χ2v) is 8.11. The molecule has 0 spiro atoms. The number of rotatable bonds is 6. The Morgan fingerprint density at radius 1 is 1.27 bits per heavy atom. The highest BCUT2D eigenvalue weighted by Crippen LogP contribution is 2.48. The number of aliphatic hydroxyl groups is 1. The fourth-order valence-electron chi connectivity index (χ4n) is 5.26. The normalized spacial score (nSPS) is 25.2. The average molecular weight is 413 g/mol. The van der Waals surface area contributed by atoms with Gasteiger partial charge in [0.05, 0.1) is 12.0 Å². The van der Waals surface area contributed by atoms with Crippen LogP contribution in [0, 0.1) is 17.7 Å². The van der Waals surface area contributed by atoms with E-state index < -0.39 is 5.92 Å². The van der Waals surface area contributed by atoms with Crippen molar-refractivity contribution in [1.82, 2.24) is 14.8 Å². The molecule has 7 heteroatoms. The van der Waals surface area contributed by atoms with Crippen molar-refractivity contribution in [3.63, 3.8) is 0 Å². The van der Waals surface area contributed by atoms with Gasteiger partial charge in [0.2, 0.25) is 5.91 Å². The van der Waals surface area contributed by atoms with Crippen LogP contribution in [0.3, 0.4) is 0 Å². The number of hydrogen-bond acceptors (Lipinski definition) is 4. The smallest absolute Gasteiger partial charge is 0.258 e. The van der Waals surface area contributed by atoms with Gasteiger partial charge in [-0.3, -0.25) is 14.5 Å². The van der Waals surface area contributed by atoms with Gasteiger partial charge in [-0.15, -0.1) is 0 Å². The molecule has 160 valence electrons. The summed E-state index contributed by atoms with van der Waals surface area (Å²) in [6.07, 6.45) is 0.916. The Labute approximate surface area is 175 Å². The lowest BCUT2D eigenvalue weighted by atomic mass is 9.86. The van der Waals surface area contributed by atoms with E-state index in [0.717, 1.165) is 18.7 Å². The number of amides is 1. The molecule has 1 amide bonds. The summed E-state index contributed by atoms with van der Waals surface area (Å²) in [5.41, 5.74) is 1.59. The molecule has 1 fully saturated rings. The SMILES string of the molecule is CCCN1[C@@H]2Cn3c(ccc(-c4cccc(F)c4)c3=O)[C@H]1[C@@H](C(=O)NCC)[C@@H]2CO. The highest BCUT2D eigenvalue weighted by molar-refractivity contribution is 5.80. The van der Waals surface area contributed by atoms with Gasteiger partial charge in [-0.1, -0.05) is 19.1 Å². The molecule has 1 saturated heterocycles. The summed E-state index contributed by atoms with van der Waals surface area (Å²) in [7, 11) is 0. The minimum Gasteiger partial charge on any atom is -0.396 e. The summed E-state index contributed by atoms with van der Waals surface area (Å²) >= 11 is 0. The van der Waals surface area contributed by atoms with Crippen molar-refractivity contribution in [2.75, 3.05) is 19.7 Å². The van der Waals surface area contributed by atoms with Crippen LogP contribution < -0.4 is 10.9 Å². The molecule has 4 rings (SSSR count). The topological polar surface area (TPSA) is 74.6 Å². The molecule has 2 aliphatic rings. The maximum atomic E-state index is 13.7. The van der Waals surface area contributed by atoms with E-state index in [1.807, 2.05) is 13.0 Å². The number of hydrogen-bond donors (Lipinski definition) is 2. The van der Waals surface area contributed by atoms with E-state index in [1.54, 1.807) is 22.8 Å². The molecule has 3 heterocycles. The van der Waals surface area contributed by atoms with Crippen molar-refractivity contribution in [2.24, 2.45) is 11.8 Å². The lowest BCUT2D eigenvalue weighted by molar-refractivity contribution is -0.127. The number of carbonyl (C=O) groups excluding carboxylic acids is 1. The Balaban J connectivity index is 1.84. The average Bonchev–Trinajstić information content (AvgIpc) is 2.93. The second kappa shape index (κ2) is 8.32. The molecule has 0 radical (unpaired) electrons. The van der Waals surface area contributed by atoms with Gasteiger partial charge in [0.15, 0.2) is 0 Å². The number of carbonyl (C=O) groups is 1. The second-order valence-electron chi connectivity index (χ2n) is 8.11. The lowest BCUT2D eigenvalue weighted by Crippen LogP contribution is -2.47. The van der Waals surface area contributed by atoms with Crippen LogP contribution in [0.1, 0.15) is 32.0 Å². The van der Waals surface area contributed by atoms with Crippen LogP contribution >= 0.6 is 0 Å². The third-order valence-corrected chi connectivity index (χ3v) is 6.44. The van der Waals surface area contributed by atoms with E-state index in [4.69, 9.17) is 0 Å². The van der Waals surface area contributed by atoms with Crippen molar-refractivity contribution >= 4 is 5.91 Å². The third-order valence-electron chi connectivity index (χ3n) is 6.44. The number of benzene rings is 1. The van der Waals surface area contributed by atoms with Gasteiger partial charge in [-0.25, -0.2) is 4.39 Å². The molecule has 6 nitrogen and oxygen atoms in total. The van der Waals surface area contributed by atoms with Gasteiger partial charge >= 0.3 is 0 Å². The molecule has 2 aromatic rings. The summed E-state index contributed by atoms with van der Waals surface area (Å²) in [4.78, 5) is 28.6. The Hall–Kier alpha value is -2.51. The molecule has 2 N–H and O–H groups in total. The van der Waals surface area contributed by atoms with Gasteiger partial charge < -0.3 is 15.0 Å². The largest absolute Gasteiger partial charge is 0.396 e. The van der Waals surface area contributed by atoms with Gasteiger partial charge in [0.1, 0.15) is 5.82 Å². The van der Waals surface area contributed by atoms with Crippen LogP contribution in [0.25, 0.3) is 11.1 Å². The minimum absolute atomic E-state index is 0.0831. The quantitative estimate of drug-likeness (QED) is 0.761. The number of nitrogens with one attached hydrogen (secondary N) is 1. The van der Waals surface area contributed by atoms with E-state index >= 15 is 0 Å². The number of nitrogens with zero attached hydrogens (tertiary/aromatic N) is 2. The molecule has 4 atom stereocenters. The van der Waals surface area contributed by atoms with Crippen molar-refractivity contribution in [2.45, 2.75) is 38.9 Å². The zero-order valence-corrected chi connectivity index (χ0v) is 17.3. The monoisotopic (exact) mass is 413 g/mol. The molecule has 0 aliphatic carbocycles. The first-order valence-corrected chi connectivity index (χ1v) is 10.7. The maximum absolute atomic E-state index is 13.7. The highest BCUT2D eigenvalue weighted by atomic mass is 19.1. The zero-order valence-electron chi connectivity index (χ0n) is 17.3. The Morgan fingerprint density at radius 2 is 2.07 bits per heavy atom. The molecular weight excluding hydrogens is 385 g/mol. The van der Waals surface area contributed by atoms with E-state index in [-0.39, 0.29) is 41.9 Å². The minimum atomic E-state index is -0.417. The molecule has 2 bridgehead atoms. The summed E-state index contributed by atoms with van der Waals surface area (Å²) in [5, 5.41) is 13.1. The molecule has 1 aromatic carbocycles. The van der Waals surface area contributed by atoms with Crippen molar-refractivity contribution in [3.05, 3.63) is 58.3 Å². The van der Waals surface area contributed by atoms with Crippen LogP contribution in [0.2, 0.25) is 0 Å². The molecule has 0 saturated carbocycles. The zero-order chi connectivity index (χ0) is 21.4. The molecule has 0 unspecified atom stereocenters. The Bertz CT molecular complexity index is 1010. The Morgan fingerprint density at radius 3 is 2.73 bits per heavy atom. The van der Waals surface area contributed by atoms with Crippen LogP contribution in [0.4, 0.5) is 4.39 Å². The fourth-order valence-corrected chi connectivity index (χ4v) is 5.26. The third kappa shape index (κ3) is 3.26. The van der Waals surface area contributed by atoms with Gasteiger partial charge in [0.25, 0.3) is 5.56 Å². The lowest BCUT2D eigenvalue weighted by Gasteiger charge is -2.38. The van der Waals surface area contributed by atoms with Crippen LogP contribution in [-0.4, -0.2) is 46.2 Å². The van der Waals surface area contributed by atoms with E-state index in [9.17, 15) is 19.1 Å². The molecule has 30 heavy (non-hydrogen) atoms. The number of aromatic nitrogens is 1. The van der Waals surface area contributed by atoms with Crippen LogP contribution in [0.5, 0.6) is 0 Å². The fraction of sp³-hybridized carbons (Fsp3) is 0.478. The van der Waals surface area contributed by atoms with Crippen molar-refractivity contribution in [3.8, 4) is 11.1 Å². The van der Waals surface area contributed by atoms with Crippen molar-refractivity contribution in [1.29, 1.82) is 0 Å². The summed E-state index contributed by atoms with van der Waals surface area (Å²) in [5.74, 6) is -1.13. The first-order valence-electron chi connectivity index (χ1n) is 10.7. The maximum Gasteiger partial charge on any atom is 0.258 e. The highest BCUT2D eigenvalue weighted by Gasteiger charge is 2.55. The standard InChI is InChI=1S/C23H28FN3O3/c1-3-10-26-19-12-27-18(21(26)20(17(19)13-28)22(29)25-4-2)9-8-16(23(27)30)14-6-5-7-15(24)11-14/h5-9,11,17,19-21,28H,3-4,10,12-13H2,1-2H3,(H,25,29)/t17-,19-,20+,21+/m1/s1. The number of halogens is 1. The first kappa shape index (κ1) is 20.8. The molecular formula is C23H28FN3O3. The number of fused-ring (bicyclic) bond motifs is 4. The van der Waals surface area contributed by atoms with Crippen molar-refractivity contribution < 1.29 is 14.3 Å². The van der Waals surface area contributed by atoms with Gasteiger partial charge in [-0.05, 0) is 49.7 Å². The van der Waals surface area contributed by atoms with Gasteiger partial charge in [-0.2, -0.15) is 0 Å². The predicted octanol–water partition coefficient (Wildman–Crippen LogP) is 2.16. The number of aliphatic hydroxyl groups excluding tert-OH is 1. The van der Waals surface area contributed by atoms with Gasteiger partial charge in [0, 0.05) is 42.9 Å².